The Kier molecular flexibility index (Phi) is 4.38. The fourth-order valence-corrected chi connectivity index (χ4v) is 2.53. The van der Waals surface area contributed by atoms with Crippen molar-refractivity contribution >= 4 is 5.97 Å². The van der Waals surface area contributed by atoms with Crippen LogP contribution in [-0.4, -0.2) is 25.0 Å². The SMILES string of the molecule is CC(F)(F)CC(=O)OC1(c2ccccc2)CCNCC1. The van der Waals surface area contributed by atoms with Crippen LogP contribution in [0.4, 0.5) is 8.78 Å². The topological polar surface area (TPSA) is 38.3 Å². The van der Waals surface area contributed by atoms with Crippen molar-refractivity contribution in [3.63, 3.8) is 0 Å². The van der Waals surface area contributed by atoms with E-state index in [1.807, 2.05) is 30.3 Å². The lowest BCUT2D eigenvalue weighted by Crippen LogP contribution is -2.43. The highest BCUT2D eigenvalue weighted by molar-refractivity contribution is 5.71. The van der Waals surface area contributed by atoms with Gasteiger partial charge in [-0.2, -0.15) is 0 Å². The Morgan fingerprint density at radius 1 is 1.30 bits per heavy atom. The van der Waals surface area contributed by atoms with Gasteiger partial charge in [-0.15, -0.1) is 0 Å². The van der Waals surface area contributed by atoms with E-state index >= 15 is 0 Å². The molecule has 20 heavy (non-hydrogen) atoms. The van der Waals surface area contributed by atoms with E-state index < -0.39 is 23.9 Å². The molecule has 1 aromatic rings. The summed E-state index contributed by atoms with van der Waals surface area (Å²) in [6, 6.07) is 9.36. The molecule has 1 heterocycles. The Balaban J connectivity index is 2.18. The van der Waals surface area contributed by atoms with E-state index in [4.69, 9.17) is 4.74 Å². The summed E-state index contributed by atoms with van der Waals surface area (Å²) < 4.78 is 31.4. The summed E-state index contributed by atoms with van der Waals surface area (Å²) in [5.41, 5.74) is 0.0868. The molecule has 2 rings (SSSR count). The first-order chi connectivity index (χ1) is 9.41. The normalized spacial score (nSPS) is 18.6. The molecule has 0 bridgehead atoms. The molecule has 0 atom stereocenters. The van der Waals surface area contributed by atoms with Crippen molar-refractivity contribution in [2.45, 2.75) is 37.7 Å². The van der Waals surface area contributed by atoms with E-state index in [2.05, 4.69) is 5.32 Å². The summed E-state index contributed by atoms with van der Waals surface area (Å²) in [4.78, 5) is 11.8. The fourth-order valence-electron chi connectivity index (χ4n) is 2.53. The minimum atomic E-state index is -3.04. The van der Waals surface area contributed by atoms with E-state index in [0.29, 0.717) is 25.9 Å². The van der Waals surface area contributed by atoms with Gasteiger partial charge in [0.25, 0.3) is 5.92 Å². The Morgan fingerprint density at radius 2 is 1.90 bits per heavy atom. The second kappa shape index (κ2) is 5.87. The maximum Gasteiger partial charge on any atom is 0.312 e. The zero-order valence-electron chi connectivity index (χ0n) is 11.5. The van der Waals surface area contributed by atoms with Gasteiger partial charge in [-0.1, -0.05) is 30.3 Å². The quantitative estimate of drug-likeness (QED) is 0.864. The maximum atomic E-state index is 12.9. The van der Waals surface area contributed by atoms with Gasteiger partial charge < -0.3 is 10.1 Å². The molecule has 0 radical (unpaired) electrons. The molecule has 0 amide bonds. The van der Waals surface area contributed by atoms with Crippen molar-refractivity contribution in [1.29, 1.82) is 0 Å². The second-order valence-electron chi connectivity index (χ2n) is 5.33. The fraction of sp³-hybridized carbons (Fsp3) is 0.533. The lowest BCUT2D eigenvalue weighted by Gasteiger charge is -2.37. The Hall–Kier alpha value is -1.49. The molecule has 1 aromatic carbocycles. The van der Waals surface area contributed by atoms with Crippen LogP contribution in [0.1, 0.15) is 31.7 Å². The molecule has 3 nitrogen and oxygen atoms in total. The van der Waals surface area contributed by atoms with E-state index in [1.165, 1.54) is 0 Å². The number of hydrogen-bond donors (Lipinski definition) is 1. The highest BCUT2D eigenvalue weighted by atomic mass is 19.3. The third-order valence-corrected chi connectivity index (χ3v) is 3.48. The summed E-state index contributed by atoms with van der Waals surface area (Å²) >= 11 is 0. The summed E-state index contributed by atoms with van der Waals surface area (Å²) in [6.07, 6.45) is 0.311. The zero-order valence-corrected chi connectivity index (χ0v) is 11.5. The largest absolute Gasteiger partial charge is 0.454 e. The van der Waals surface area contributed by atoms with E-state index in [0.717, 1.165) is 12.5 Å². The average Bonchev–Trinajstić information content (AvgIpc) is 2.38. The van der Waals surface area contributed by atoms with Gasteiger partial charge in [0.05, 0.1) is 0 Å². The Labute approximate surface area is 117 Å². The van der Waals surface area contributed by atoms with Crippen LogP contribution in [0.5, 0.6) is 0 Å². The molecule has 0 spiro atoms. The van der Waals surface area contributed by atoms with Crippen molar-refractivity contribution in [2.75, 3.05) is 13.1 Å². The molecular formula is C15H19F2NO2. The number of carbonyl (C=O) groups excluding carboxylic acids is 1. The van der Waals surface area contributed by atoms with Gasteiger partial charge in [-0.05, 0) is 25.6 Å². The van der Waals surface area contributed by atoms with Gasteiger partial charge in [-0.25, -0.2) is 8.78 Å². The third kappa shape index (κ3) is 3.76. The van der Waals surface area contributed by atoms with E-state index in [-0.39, 0.29) is 0 Å². The Morgan fingerprint density at radius 3 is 2.45 bits per heavy atom. The van der Waals surface area contributed by atoms with Crippen molar-refractivity contribution in [3.8, 4) is 0 Å². The maximum absolute atomic E-state index is 12.9. The number of benzene rings is 1. The number of esters is 1. The number of hydrogen-bond acceptors (Lipinski definition) is 3. The first-order valence-electron chi connectivity index (χ1n) is 6.77. The molecule has 1 N–H and O–H groups in total. The van der Waals surface area contributed by atoms with Crippen LogP contribution in [0, 0.1) is 0 Å². The molecule has 0 aromatic heterocycles. The predicted molar refractivity (Wildman–Crippen MR) is 71.6 cm³/mol. The van der Waals surface area contributed by atoms with Crippen molar-refractivity contribution in [3.05, 3.63) is 35.9 Å². The van der Waals surface area contributed by atoms with Crippen LogP contribution in [0.3, 0.4) is 0 Å². The highest BCUT2D eigenvalue weighted by Gasteiger charge is 2.39. The van der Waals surface area contributed by atoms with Gasteiger partial charge in [0.1, 0.15) is 12.0 Å². The van der Waals surface area contributed by atoms with Crippen LogP contribution in [-0.2, 0) is 15.1 Å². The smallest absolute Gasteiger partial charge is 0.312 e. The number of halogens is 2. The predicted octanol–water partition coefficient (Wildman–Crippen LogP) is 2.85. The van der Waals surface area contributed by atoms with Crippen LogP contribution in [0.25, 0.3) is 0 Å². The molecule has 1 saturated heterocycles. The van der Waals surface area contributed by atoms with Crippen LogP contribution < -0.4 is 5.32 Å². The number of piperidine rings is 1. The third-order valence-electron chi connectivity index (χ3n) is 3.48. The summed E-state index contributed by atoms with van der Waals surface area (Å²) in [7, 11) is 0. The second-order valence-corrected chi connectivity index (χ2v) is 5.33. The summed E-state index contributed by atoms with van der Waals surface area (Å²) in [6.45, 7) is 2.13. The molecule has 5 heteroatoms. The van der Waals surface area contributed by atoms with E-state index in [1.54, 1.807) is 0 Å². The van der Waals surface area contributed by atoms with Crippen LogP contribution in [0.15, 0.2) is 30.3 Å². The summed E-state index contributed by atoms with van der Waals surface area (Å²) in [5.74, 6) is -3.88. The molecule has 1 fully saturated rings. The van der Waals surface area contributed by atoms with Crippen molar-refractivity contribution in [1.82, 2.24) is 5.32 Å². The Bertz CT molecular complexity index is 451. The summed E-state index contributed by atoms with van der Waals surface area (Å²) in [5, 5.41) is 3.19. The molecule has 0 saturated carbocycles. The molecular weight excluding hydrogens is 264 g/mol. The molecule has 1 aliphatic rings. The lowest BCUT2D eigenvalue weighted by atomic mass is 9.84. The van der Waals surface area contributed by atoms with Gasteiger partial charge in [0.15, 0.2) is 0 Å². The van der Waals surface area contributed by atoms with Crippen molar-refractivity contribution in [2.24, 2.45) is 0 Å². The standard InChI is InChI=1S/C15H19F2NO2/c1-14(16,17)11-13(19)20-15(7-9-18-10-8-15)12-5-3-2-4-6-12/h2-6,18H,7-11H2,1H3. The minimum Gasteiger partial charge on any atom is -0.454 e. The zero-order chi connectivity index (χ0) is 14.6. The molecule has 0 unspecified atom stereocenters. The van der Waals surface area contributed by atoms with Gasteiger partial charge in [0, 0.05) is 12.8 Å². The first-order valence-corrected chi connectivity index (χ1v) is 6.77. The number of carbonyl (C=O) groups is 1. The molecule has 0 aliphatic carbocycles. The monoisotopic (exact) mass is 283 g/mol. The first kappa shape index (κ1) is 14.9. The van der Waals surface area contributed by atoms with Gasteiger partial charge in [-0.3, -0.25) is 4.79 Å². The van der Waals surface area contributed by atoms with E-state index in [9.17, 15) is 13.6 Å². The highest BCUT2D eigenvalue weighted by Crippen LogP contribution is 2.35. The minimum absolute atomic E-state index is 0.595. The van der Waals surface area contributed by atoms with Crippen LogP contribution in [0.2, 0.25) is 0 Å². The number of rotatable bonds is 4. The van der Waals surface area contributed by atoms with Crippen LogP contribution >= 0.6 is 0 Å². The van der Waals surface area contributed by atoms with Gasteiger partial charge >= 0.3 is 5.97 Å². The number of alkyl halides is 2. The molecule has 1 aliphatic heterocycles. The van der Waals surface area contributed by atoms with Crippen molar-refractivity contribution < 1.29 is 18.3 Å². The average molecular weight is 283 g/mol. The van der Waals surface area contributed by atoms with Gasteiger partial charge in [0.2, 0.25) is 0 Å². The molecule has 110 valence electrons. The number of ether oxygens (including phenoxy) is 1. The lowest BCUT2D eigenvalue weighted by molar-refractivity contribution is -0.170. The number of nitrogens with one attached hydrogen (secondary N) is 1.